The van der Waals surface area contributed by atoms with Crippen molar-refractivity contribution in [2.24, 2.45) is 0 Å². The molecular weight excluding hydrogens is 310 g/mol. The molecule has 7 heteroatoms. The molecule has 22 heavy (non-hydrogen) atoms. The Morgan fingerprint density at radius 2 is 1.77 bits per heavy atom. The summed E-state index contributed by atoms with van der Waals surface area (Å²) in [5.41, 5.74) is 0.146. The van der Waals surface area contributed by atoms with Crippen LogP contribution < -0.4 is 0 Å². The van der Waals surface area contributed by atoms with E-state index in [0.29, 0.717) is 10.6 Å². The van der Waals surface area contributed by atoms with Crippen molar-refractivity contribution in [1.82, 2.24) is 0 Å². The molecule has 0 amide bonds. The molecular formula is C15H10ClNO5. The van der Waals surface area contributed by atoms with Crippen molar-refractivity contribution in [3.63, 3.8) is 0 Å². The van der Waals surface area contributed by atoms with Crippen molar-refractivity contribution in [2.75, 3.05) is 6.61 Å². The highest BCUT2D eigenvalue weighted by molar-refractivity contribution is 6.30. The lowest BCUT2D eigenvalue weighted by Crippen LogP contribution is -2.14. The second-order valence-electron chi connectivity index (χ2n) is 4.31. The molecule has 0 atom stereocenters. The van der Waals surface area contributed by atoms with Crippen LogP contribution in [-0.4, -0.2) is 23.3 Å². The highest BCUT2D eigenvalue weighted by atomic mass is 35.5. The molecule has 0 spiro atoms. The van der Waals surface area contributed by atoms with Crippen LogP contribution in [0.3, 0.4) is 0 Å². The van der Waals surface area contributed by atoms with Gasteiger partial charge < -0.3 is 4.74 Å². The van der Waals surface area contributed by atoms with Gasteiger partial charge in [0.2, 0.25) is 0 Å². The molecule has 2 aromatic rings. The third-order valence-electron chi connectivity index (χ3n) is 2.79. The monoisotopic (exact) mass is 319 g/mol. The zero-order valence-corrected chi connectivity index (χ0v) is 11.9. The molecule has 112 valence electrons. The van der Waals surface area contributed by atoms with Crippen molar-refractivity contribution in [3.05, 3.63) is 74.8 Å². The molecule has 0 saturated heterocycles. The van der Waals surface area contributed by atoms with E-state index in [2.05, 4.69) is 0 Å². The summed E-state index contributed by atoms with van der Waals surface area (Å²) in [5.74, 6) is -1.19. The highest BCUT2D eigenvalue weighted by Crippen LogP contribution is 2.14. The summed E-state index contributed by atoms with van der Waals surface area (Å²) in [6.07, 6.45) is 0. The number of nitro benzene ring substituents is 1. The lowest BCUT2D eigenvalue weighted by atomic mass is 10.1. The summed E-state index contributed by atoms with van der Waals surface area (Å²) in [6.45, 7) is -0.455. The summed E-state index contributed by atoms with van der Waals surface area (Å²) in [7, 11) is 0. The first-order chi connectivity index (χ1) is 10.5. The van der Waals surface area contributed by atoms with Crippen molar-refractivity contribution in [2.45, 2.75) is 0 Å². The zero-order valence-electron chi connectivity index (χ0n) is 11.2. The van der Waals surface area contributed by atoms with Gasteiger partial charge in [0, 0.05) is 22.7 Å². The van der Waals surface area contributed by atoms with Crippen LogP contribution in [-0.2, 0) is 4.74 Å². The number of nitrogens with zero attached hydrogens (tertiary/aromatic N) is 1. The minimum Gasteiger partial charge on any atom is -0.454 e. The Kier molecular flexibility index (Phi) is 4.85. The van der Waals surface area contributed by atoms with E-state index in [1.807, 2.05) is 0 Å². The van der Waals surface area contributed by atoms with Crippen LogP contribution in [0.4, 0.5) is 5.69 Å². The molecule has 0 fully saturated rings. The first kappa shape index (κ1) is 15.7. The van der Waals surface area contributed by atoms with Crippen molar-refractivity contribution >= 4 is 29.0 Å². The average Bonchev–Trinajstić information content (AvgIpc) is 2.53. The van der Waals surface area contributed by atoms with E-state index in [0.717, 1.165) is 6.07 Å². The van der Waals surface area contributed by atoms with Gasteiger partial charge in [-0.1, -0.05) is 17.7 Å². The van der Waals surface area contributed by atoms with Gasteiger partial charge in [0.25, 0.3) is 5.69 Å². The maximum Gasteiger partial charge on any atom is 0.338 e. The number of ketones is 1. The summed E-state index contributed by atoms with van der Waals surface area (Å²) >= 11 is 5.71. The molecule has 2 aromatic carbocycles. The van der Waals surface area contributed by atoms with Crippen LogP contribution >= 0.6 is 11.6 Å². The highest BCUT2D eigenvalue weighted by Gasteiger charge is 2.14. The van der Waals surface area contributed by atoms with Gasteiger partial charge in [-0.05, 0) is 30.3 Å². The zero-order chi connectivity index (χ0) is 16.1. The van der Waals surface area contributed by atoms with E-state index in [-0.39, 0.29) is 11.3 Å². The number of halogens is 1. The minimum absolute atomic E-state index is 0.0121. The molecule has 6 nitrogen and oxygen atoms in total. The molecule has 0 radical (unpaired) electrons. The van der Waals surface area contributed by atoms with E-state index >= 15 is 0 Å². The van der Waals surface area contributed by atoms with E-state index in [1.165, 1.54) is 30.3 Å². The molecule has 0 aliphatic rings. The Labute approximate surface area is 130 Å². The number of Topliss-reactive ketones (excluding diaryl/α,β-unsaturated/α-hetero) is 1. The SMILES string of the molecule is O=C(COC(=O)c1cccc([N+](=O)[O-])c1)c1ccc(Cl)cc1. The van der Waals surface area contributed by atoms with Gasteiger partial charge >= 0.3 is 5.97 Å². The van der Waals surface area contributed by atoms with Crippen LogP contribution in [0.25, 0.3) is 0 Å². The number of ether oxygens (including phenoxy) is 1. The normalized spacial score (nSPS) is 10.0. The van der Waals surface area contributed by atoms with Gasteiger partial charge in [0.1, 0.15) is 0 Å². The van der Waals surface area contributed by atoms with Gasteiger partial charge in [-0.2, -0.15) is 0 Å². The Morgan fingerprint density at radius 1 is 1.09 bits per heavy atom. The van der Waals surface area contributed by atoms with Crippen LogP contribution in [0.1, 0.15) is 20.7 Å². The third-order valence-corrected chi connectivity index (χ3v) is 3.05. The Morgan fingerprint density at radius 3 is 2.41 bits per heavy atom. The number of benzene rings is 2. The van der Waals surface area contributed by atoms with E-state index in [4.69, 9.17) is 16.3 Å². The van der Waals surface area contributed by atoms with E-state index in [1.54, 1.807) is 12.1 Å². The fourth-order valence-electron chi connectivity index (χ4n) is 1.68. The van der Waals surface area contributed by atoms with Crippen molar-refractivity contribution in [3.8, 4) is 0 Å². The fourth-order valence-corrected chi connectivity index (χ4v) is 1.81. The standard InChI is InChI=1S/C15H10ClNO5/c16-12-6-4-10(5-7-12)14(18)9-22-15(19)11-2-1-3-13(8-11)17(20)21/h1-8H,9H2. The van der Waals surface area contributed by atoms with Crippen LogP contribution in [0.5, 0.6) is 0 Å². The molecule has 0 aliphatic heterocycles. The van der Waals surface area contributed by atoms with Gasteiger partial charge in [-0.3, -0.25) is 14.9 Å². The fraction of sp³-hybridized carbons (Fsp3) is 0.0667. The van der Waals surface area contributed by atoms with Crippen molar-refractivity contribution < 1.29 is 19.2 Å². The second kappa shape index (κ2) is 6.82. The molecule has 0 N–H and O–H groups in total. The predicted molar refractivity (Wildman–Crippen MR) is 79.2 cm³/mol. The van der Waals surface area contributed by atoms with E-state index in [9.17, 15) is 19.7 Å². The topological polar surface area (TPSA) is 86.5 Å². The molecule has 0 heterocycles. The first-order valence-corrected chi connectivity index (χ1v) is 6.55. The largest absolute Gasteiger partial charge is 0.454 e. The summed E-state index contributed by atoms with van der Waals surface area (Å²) < 4.78 is 4.87. The number of hydrogen-bond donors (Lipinski definition) is 0. The number of carbonyl (C=O) groups is 2. The molecule has 0 aromatic heterocycles. The van der Waals surface area contributed by atoms with E-state index < -0.39 is 23.3 Å². The van der Waals surface area contributed by atoms with Gasteiger partial charge in [0.05, 0.1) is 10.5 Å². The number of carbonyl (C=O) groups excluding carboxylic acids is 2. The van der Waals surface area contributed by atoms with Gasteiger partial charge in [-0.25, -0.2) is 4.79 Å². The summed E-state index contributed by atoms with van der Waals surface area (Å²) in [5, 5.41) is 11.1. The smallest absolute Gasteiger partial charge is 0.338 e. The summed E-state index contributed by atoms with van der Waals surface area (Å²) in [4.78, 5) is 33.7. The molecule has 0 aliphatic carbocycles. The second-order valence-corrected chi connectivity index (χ2v) is 4.75. The van der Waals surface area contributed by atoms with Gasteiger partial charge in [-0.15, -0.1) is 0 Å². The maximum absolute atomic E-state index is 11.8. The molecule has 2 rings (SSSR count). The van der Waals surface area contributed by atoms with Crippen LogP contribution in [0.15, 0.2) is 48.5 Å². The van der Waals surface area contributed by atoms with Crippen molar-refractivity contribution in [1.29, 1.82) is 0 Å². The number of esters is 1. The first-order valence-electron chi connectivity index (χ1n) is 6.18. The lowest BCUT2D eigenvalue weighted by molar-refractivity contribution is -0.384. The molecule has 0 unspecified atom stereocenters. The maximum atomic E-state index is 11.8. The Bertz CT molecular complexity index is 727. The number of rotatable bonds is 5. The minimum atomic E-state index is -0.800. The van der Waals surface area contributed by atoms with Crippen LogP contribution in [0, 0.1) is 10.1 Å². The lowest BCUT2D eigenvalue weighted by Gasteiger charge is -2.04. The number of non-ortho nitro benzene ring substituents is 1. The number of hydrogen-bond acceptors (Lipinski definition) is 5. The van der Waals surface area contributed by atoms with Gasteiger partial charge in [0.15, 0.2) is 12.4 Å². The van der Waals surface area contributed by atoms with Crippen LogP contribution in [0.2, 0.25) is 5.02 Å². The quantitative estimate of drug-likeness (QED) is 0.365. The molecule has 0 saturated carbocycles. The Balaban J connectivity index is 2.00. The number of nitro groups is 1. The predicted octanol–water partition coefficient (Wildman–Crippen LogP) is 3.29. The Hall–Kier alpha value is -2.73. The average molecular weight is 320 g/mol. The summed E-state index contributed by atoms with van der Waals surface area (Å²) in [6, 6.07) is 11.2. The third kappa shape index (κ3) is 3.89. The molecule has 0 bridgehead atoms.